The van der Waals surface area contributed by atoms with E-state index in [4.69, 9.17) is 0 Å². The second-order valence-electron chi connectivity index (χ2n) is 10.9. The number of likely N-dealkylation sites (N-methyl/N-ethyl adjacent to an activating group) is 1. The molecular formula is C27H48N2O2. The summed E-state index contributed by atoms with van der Waals surface area (Å²) in [6.07, 6.45) is 17.7. The monoisotopic (exact) mass is 432 g/mol. The van der Waals surface area contributed by atoms with Crippen LogP contribution < -0.4 is 0 Å². The molecule has 1 saturated heterocycles. The highest BCUT2D eigenvalue weighted by atomic mass is 16.3. The average Bonchev–Trinajstić information content (AvgIpc) is 3.25. The number of aliphatic hydroxyl groups is 2. The highest BCUT2D eigenvalue weighted by Gasteiger charge is 2.43. The van der Waals surface area contributed by atoms with Crippen LogP contribution >= 0.6 is 0 Å². The zero-order chi connectivity index (χ0) is 22.3. The maximum absolute atomic E-state index is 10.6. The molecule has 0 aromatic carbocycles. The summed E-state index contributed by atoms with van der Waals surface area (Å²) in [5.41, 5.74) is 1.02. The third-order valence-corrected chi connectivity index (χ3v) is 8.00. The van der Waals surface area contributed by atoms with E-state index < -0.39 is 5.60 Å². The van der Waals surface area contributed by atoms with Crippen LogP contribution in [0.25, 0.3) is 0 Å². The molecule has 5 atom stereocenters. The van der Waals surface area contributed by atoms with Crippen molar-refractivity contribution >= 4 is 0 Å². The molecule has 2 N–H and O–H groups in total. The van der Waals surface area contributed by atoms with Gasteiger partial charge in [0, 0.05) is 32.1 Å². The molecular weight excluding hydrogens is 384 g/mol. The van der Waals surface area contributed by atoms with E-state index in [1.165, 1.54) is 64.8 Å². The van der Waals surface area contributed by atoms with Gasteiger partial charge < -0.3 is 20.0 Å². The van der Waals surface area contributed by atoms with Crippen molar-refractivity contribution in [3.63, 3.8) is 0 Å². The molecule has 1 heterocycles. The normalized spacial score (nSPS) is 31.8. The lowest BCUT2D eigenvalue weighted by molar-refractivity contribution is 0.0513. The highest BCUT2D eigenvalue weighted by molar-refractivity contribution is 5.20. The zero-order valence-electron chi connectivity index (χ0n) is 20.4. The summed E-state index contributed by atoms with van der Waals surface area (Å²) in [6, 6.07) is 0. The van der Waals surface area contributed by atoms with E-state index >= 15 is 0 Å². The first-order valence-corrected chi connectivity index (χ1v) is 13.1. The lowest BCUT2D eigenvalue weighted by atomic mass is 9.87. The lowest BCUT2D eigenvalue weighted by Crippen LogP contribution is -2.44. The van der Waals surface area contributed by atoms with E-state index in [0.717, 1.165) is 25.7 Å². The van der Waals surface area contributed by atoms with Gasteiger partial charge in [-0.1, -0.05) is 50.0 Å². The quantitative estimate of drug-likeness (QED) is 0.349. The van der Waals surface area contributed by atoms with Crippen molar-refractivity contribution in [1.82, 2.24) is 9.80 Å². The van der Waals surface area contributed by atoms with Gasteiger partial charge in [-0.2, -0.15) is 0 Å². The topological polar surface area (TPSA) is 46.9 Å². The summed E-state index contributed by atoms with van der Waals surface area (Å²) in [5.74, 6) is 1.40. The smallest absolute Gasteiger partial charge is 0.0654 e. The summed E-state index contributed by atoms with van der Waals surface area (Å²) in [7, 11) is 2.22. The third-order valence-electron chi connectivity index (χ3n) is 8.00. The zero-order valence-corrected chi connectivity index (χ0v) is 20.4. The first-order valence-electron chi connectivity index (χ1n) is 13.1. The fourth-order valence-corrected chi connectivity index (χ4v) is 5.87. The molecule has 4 heteroatoms. The third kappa shape index (κ3) is 7.70. The van der Waals surface area contributed by atoms with Gasteiger partial charge in [0.25, 0.3) is 0 Å². The second-order valence-corrected chi connectivity index (χ2v) is 10.9. The van der Waals surface area contributed by atoms with Gasteiger partial charge in [-0.05, 0) is 77.3 Å². The van der Waals surface area contributed by atoms with Crippen molar-refractivity contribution < 1.29 is 10.2 Å². The van der Waals surface area contributed by atoms with Gasteiger partial charge in [-0.25, -0.2) is 0 Å². The predicted octanol–water partition coefficient (Wildman–Crippen LogP) is 4.63. The van der Waals surface area contributed by atoms with Crippen LogP contribution in [0.15, 0.2) is 23.8 Å². The van der Waals surface area contributed by atoms with Crippen molar-refractivity contribution in [2.24, 2.45) is 17.8 Å². The molecule has 3 aliphatic rings. The molecule has 4 nitrogen and oxygen atoms in total. The molecule has 0 bridgehead atoms. The Morgan fingerprint density at radius 3 is 2.65 bits per heavy atom. The molecule has 0 aromatic heterocycles. The van der Waals surface area contributed by atoms with Crippen molar-refractivity contribution in [3.8, 4) is 0 Å². The van der Waals surface area contributed by atoms with Crippen molar-refractivity contribution in [3.05, 3.63) is 23.8 Å². The number of hydrogen-bond donors (Lipinski definition) is 2. The van der Waals surface area contributed by atoms with Crippen LogP contribution in [-0.4, -0.2) is 71.5 Å². The largest absolute Gasteiger partial charge is 0.392 e. The Kier molecular flexibility index (Phi) is 9.64. The summed E-state index contributed by atoms with van der Waals surface area (Å²) in [4.78, 5) is 5.05. The fraction of sp³-hybridized carbons (Fsp3) is 0.852. The Hall–Kier alpha value is -0.680. The van der Waals surface area contributed by atoms with Crippen LogP contribution in [0.4, 0.5) is 0 Å². The Morgan fingerprint density at radius 1 is 1.13 bits per heavy atom. The molecule has 31 heavy (non-hydrogen) atoms. The number of allylic oxidation sites excluding steroid dienone is 2. The van der Waals surface area contributed by atoms with E-state index in [2.05, 4.69) is 42.0 Å². The standard InChI is InChI=1S/C27H48N2O2/c1-4-5-12-27(2,31)13-9-11-24-25-20-22(19-23(25)21-26(24)30)10-7-6-8-14-29-17-15-28(3)16-18-29/h9,11,19,23-26,30-31H,4-8,10,12-18,20-21H2,1-3H3/t23-,24+,25-,26+,27-/m0/s1. The van der Waals surface area contributed by atoms with Gasteiger partial charge in [0.2, 0.25) is 0 Å². The van der Waals surface area contributed by atoms with E-state index in [1.54, 1.807) is 5.57 Å². The maximum atomic E-state index is 10.6. The van der Waals surface area contributed by atoms with Crippen LogP contribution in [0.2, 0.25) is 0 Å². The molecule has 0 unspecified atom stereocenters. The molecule has 2 fully saturated rings. The fourth-order valence-electron chi connectivity index (χ4n) is 5.87. The number of hydrogen-bond acceptors (Lipinski definition) is 4. The van der Waals surface area contributed by atoms with Gasteiger partial charge in [-0.3, -0.25) is 0 Å². The van der Waals surface area contributed by atoms with Gasteiger partial charge in [0.05, 0.1) is 11.7 Å². The molecule has 0 amide bonds. The molecule has 1 aliphatic heterocycles. The van der Waals surface area contributed by atoms with Gasteiger partial charge in [-0.15, -0.1) is 0 Å². The Bertz CT molecular complexity index is 592. The highest BCUT2D eigenvalue weighted by Crippen LogP contribution is 2.48. The van der Waals surface area contributed by atoms with Crippen molar-refractivity contribution in [2.75, 3.05) is 39.8 Å². The molecule has 1 saturated carbocycles. The summed E-state index contributed by atoms with van der Waals surface area (Å²) in [5, 5.41) is 21.1. The molecule has 0 radical (unpaired) electrons. The minimum absolute atomic E-state index is 0.215. The van der Waals surface area contributed by atoms with Gasteiger partial charge in [0.1, 0.15) is 0 Å². The number of rotatable bonds is 12. The minimum Gasteiger partial charge on any atom is -0.392 e. The molecule has 0 spiro atoms. The maximum Gasteiger partial charge on any atom is 0.0654 e. The summed E-state index contributed by atoms with van der Waals surface area (Å²) < 4.78 is 0. The number of nitrogens with zero attached hydrogens (tertiary/aromatic N) is 2. The number of aliphatic hydroxyl groups excluding tert-OH is 1. The SMILES string of the molecule is CCCC[C@](C)(O)CC=C[C@@H]1[C@H]2CC(CCCCCN3CCN(C)CC3)=C[C@H]2C[C@H]1O. The molecule has 178 valence electrons. The number of piperazine rings is 1. The van der Waals surface area contributed by atoms with Crippen LogP contribution in [-0.2, 0) is 0 Å². The molecule has 2 aliphatic carbocycles. The first-order chi connectivity index (χ1) is 14.9. The van der Waals surface area contributed by atoms with Gasteiger partial charge >= 0.3 is 0 Å². The van der Waals surface area contributed by atoms with Crippen LogP contribution in [0.3, 0.4) is 0 Å². The van der Waals surface area contributed by atoms with E-state index in [-0.39, 0.29) is 12.0 Å². The van der Waals surface area contributed by atoms with Crippen LogP contribution in [0, 0.1) is 17.8 Å². The molecule has 3 rings (SSSR count). The first kappa shape index (κ1) is 25.0. The van der Waals surface area contributed by atoms with E-state index in [0.29, 0.717) is 18.3 Å². The minimum atomic E-state index is -0.612. The lowest BCUT2D eigenvalue weighted by Gasteiger charge is -2.32. The predicted molar refractivity (Wildman–Crippen MR) is 130 cm³/mol. The van der Waals surface area contributed by atoms with Crippen LogP contribution in [0.1, 0.15) is 78.1 Å². The van der Waals surface area contributed by atoms with E-state index in [9.17, 15) is 10.2 Å². The van der Waals surface area contributed by atoms with Crippen molar-refractivity contribution in [2.45, 2.75) is 89.8 Å². The van der Waals surface area contributed by atoms with Crippen molar-refractivity contribution in [1.29, 1.82) is 0 Å². The average molecular weight is 433 g/mol. The van der Waals surface area contributed by atoms with Gasteiger partial charge in [0.15, 0.2) is 0 Å². The second kappa shape index (κ2) is 12.0. The Balaban J connectivity index is 1.35. The number of unbranched alkanes of at least 4 members (excludes halogenated alkanes) is 3. The Labute approximate surface area is 191 Å². The van der Waals surface area contributed by atoms with Crippen LogP contribution in [0.5, 0.6) is 0 Å². The summed E-state index contributed by atoms with van der Waals surface area (Å²) in [6.45, 7) is 10.3. The Morgan fingerprint density at radius 2 is 1.90 bits per heavy atom. The number of fused-ring (bicyclic) bond motifs is 1. The van der Waals surface area contributed by atoms with E-state index in [1.807, 2.05) is 6.92 Å². The summed E-state index contributed by atoms with van der Waals surface area (Å²) >= 11 is 0. The molecule has 0 aromatic rings.